The third-order valence-electron chi connectivity index (χ3n) is 8.16. The van der Waals surface area contributed by atoms with Crippen LogP contribution in [0.4, 0.5) is 0 Å². The average molecular weight is 692 g/mol. The van der Waals surface area contributed by atoms with Crippen molar-refractivity contribution in [1.82, 2.24) is 5.32 Å². The minimum absolute atomic E-state index is 0.0653. The highest BCUT2D eigenvalue weighted by atomic mass is 35.5. The lowest BCUT2D eigenvalue weighted by Crippen LogP contribution is -2.45. The van der Waals surface area contributed by atoms with Crippen molar-refractivity contribution in [3.63, 3.8) is 0 Å². The van der Waals surface area contributed by atoms with Gasteiger partial charge in [-0.2, -0.15) is 15.8 Å². The van der Waals surface area contributed by atoms with Gasteiger partial charge in [0.25, 0.3) is 0 Å². The Kier molecular flexibility index (Phi) is 16.9. The van der Waals surface area contributed by atoms with Crippen LogP contribution in [0.25, 0.3) is 0 Å². The van der Waals surface area contributed by atoms with E-state index in [9.17, 15) is 15.3 Å². The van der Waals surface area contributed by atoms with E-state index >= 15 is 0 Å². The molecule has 0 fully saturated rings. The maximum Gasteiger partial charge on any atom is 0.235 e. The Bertz CT molecular complexity index is 1630. The Morgan fingerprint density at radius 1 is 0.653 bits per heavy atom. The van der Waals surface area contributed by atoms with E-state index in [0.29, 0.717) is 12.8 Å². The predicted molar refractivity (Wildman–Crippen MR) is 201 cm³/mol. The molecule has 0 radical (unpaired) electrons. The van der Waals surface area contributed by atoms with Gasteiger partial charge in [0.2, 0.25) is 5.91 Å². The number of nitrogens with one attached hydrogen (secondary N) is 1. The SMILES string of the molecule is C=C(C)CCC(C#N)(c1ccccc1)c1ccccc1.CC(C)(CCC(C#N)(c1ccccc1)c1ccccc1)NC(=O)CCl.N#CCCl. The first-order valence-electron chi connectivity index (χ1n) is 16.0. The topological polar surface area (TPSA) is 100 Å². The molecule has 0 heterocycles. The number of amides is 1. The largest absolute Gasteiger partial charge is 0.350 e. The summed E-state index contributed by atoms with van der Waals surface area (Å²) in [4.78, 5) is 11.7. The molecular weight excluding hydrogens is 647 g/mol. The Hall–Kier alpha value is -4.86. The third kappa shape index (κ3) is 12.0. The predicted octanol–water partition coefficient (Wildman–Crippen LogP) is 10.0. The first kappa shape index (κ1) is 40.3. The van der Waals surface area contributed by atoms with Crippen LogP contribution in [-0.4, -0.2) is 23.2 Å². The van der Waals surface area contributed by atoms with E-state index in [1.807, 2.05) is 142 Å². The zero-order chi connectivity index (χ0) is 36.2. The quantitative estimate of drug-likeness (QED) is 0.118. The van der Waals surface area contributed by atoms with Gasteiger partial charge in [0, 0.05) is 5.54 Å². The Morgan fingerprint density at radius 3 is 1.24 bits per heavy atom. The number of carbonyl (C=O) groups is 1. The summed E-state index contributed by atoms with van der Waals surface area (Å²) in [6, 6.07) is 46.5. The summed E-state index contributed by atoms with van der Waals surface area (Å²) in [6.45, 7) is 9.89. The minimum Gasteiger partial charge on any atom is -0.350 e. The van der Waals surface area contributed by atoms with E-state index < -0.39 is 16.4 Å². The summed E-state index contributed by atoms with van der Waals surface area (Å²) in [6.07, 6.45) is 2.84. The number of nitrogens with zero attached hydrogens (tertiary/aromatic N) is 3. The average Bonchev–Trinajstić information content (AvgIpc) is 3.14. The van der Waals surface area contributed by atoms with Crippen LogP contribution >= 0.6 is 23.2 Å². The standard InChI is InChI=1S/C21H23ClN2O.C19H19N.C2H2ClN/c1-20(2,24-19(25)15-22)13-14-21(16-23,17-9-5-3-6-10-17)18-11-7-4-8-12-18;1-16(2)13-14-19(15-20,17-9-5-3-6-10-17)18-11-7-4-8-12-18;3-1-2-4/h3-12H,13-15H2,1-2H3,(H,24,25);3-12H,1,13-14H2,2H3;1H2. The van der Waals surface area contributed by atoms with Crippen molar-refractivity contribution >= 4 is 29.1 Å². The molecule has 7 heteroatoms. The third-order valence-corrected chi connectivity index (χ3v) is 8.52. The lowest BCUT2D eigenvalue weighted by Gasteiger charge is -2.33. The van der Waals surface area contributed by atoms with Crippen molar-refractivity contribution in [2.75, 3.05) is 11.8 Å². The number of benzene rings is 4. The number of halogens is 2. The van der Waals surface area contributed by atoms with Crippen LogP contribution < -0.4 is 5.32 Å². The summed E-state index contributed by atoms with van der Waals surface area (Å²) >= 11 is 10.4. The molecule has 0 spiro atoms. The van der Waals surface area contributed by atoms with Crippen LogP contribution in [-0.2, 0) is 15.6 Å². The highest BCUT2D eigenvalue weighted by Gasteiger charge is 2.37. The number of hydrogen-bond acceptors (Lipinski definition) is 4. The molecule has 1 N–H and O–H groups in total. The van der Waals surface area contributed by atoms with Crippen molar-refractivity contribution in [3.8, 4) is 18.2 Å². The van der Waals surface area contributed by atoms with Crippen LogP contribution in [0.1, 0.15) is 68.7 Å². The summed E-state index contributed by atoms with van der Waals surface area (Å²) in [7, 11) is 0. The van der Waals surface area contributed by atoms with E-state index in [0.717, 1.165) is 40.7 Å². The van der Waals surface area contributed by atoms with Gasteiger partial charge in [-0.1, -0.05) is 127 Å². The molecule has 0 atom stereocenters. The van der Waals surface area contributed by atoms with Crippen LogP contribution in [0.5, 0.6) is 0 Å². The molecule has 0 aromatic heterocycles. The molecule has 0 unspecified atom stereocenters. The zero-order valence-electron chi connectivity index (χ0n) is 28.5. The number of hydrogen-bond donors (Lipinski definition) is 1. The molecule has 49 heavy (non-hydrogen) atoms. The fraction of sp³-hybridized carbons (Fsp3) is 0.286. The lowest BCUT2D eigenvalue weighted by atomic mass is 9.71. The monoisotopic (exact) mass is 690 g/mol. The van der Waals surface area contributed by atoms with Crippen molar-refractivity contribution in [3.05, 3.63) is 156 Å². The number of carbonyl (C=O) groups excluding carboxylic acids is 1. The van der Waals surface area contributed by atoms with Gasteiger partial charge in [-0.25, -0.2) is 0 Å². The molecule has 4 aromatic rings. The molecule has 4 aromatic carbocycles. The van der Waals surface area contributed by atoms with Gasteiger partial charge < -0.3 is 5.32 Å². The van der Waals surface area contributed by atoms with Crippen molar-refractivity contribution in [1.29, 1.82) is 15.8 Å². The Morgan fingerprint density at radius 2 is 0.980 bits per heavy atom. The smallest absolute Gasteiger partial charge is 0.235 e. The van der Waals surface area contributed by atoms with Crippen LogP contribution in [0.3, 0.4) is 0 Å². The molecule has 0 bridgehead atoms. The molecule has 5 nitrogen and oxygen atoms in total. The van der Waals surface area contributed by atoms with Crippen molar-refractivity contribution in [2.45, 2.75) is 62.8 Å². The van der Waals surface area contributed by atoms with Gasteiger partial charge in [-0.15, -0.1) is 29.8 Å². The number of allylic oxidation sites excluding steroid dienone is 1. The first-order chi connectivity index (χ1) is 23.5. The second-order valence-corrected chi connectivity index (χ2v) is 12.8. The molecule has 0 aliphatic carbocycles. The van der Waals surface area contributed by atoms with Crippen molar-refractivity contribution in [2.24, 2.45) is 0 Å². The summed E-state index contributed by atoms with van der Waals surface area (Å²) in [5, 5.41) is 30.5. The molecule has 252 valence electrons. The number of alkyl halides is 2. The molecule has 1 amide bonds. The van der Waals surface area contributed by atoms with E-state index in [1.54, 1.807) is 6.07 Å². The minimum atomic E-state index is -0.758. The molecule has 0 aliphatic rings. The van der Waals surface area contributed by atoms with Gasteiger partial charge in [-0.05, 0) is 68.7 Å². The van der Waals surface area contributed by atoms with Crippen molar-refractivity contribution < 1.29 is 4.79 Å². The first-order valence-corrected chi connectivity index (χ1v) is 17.1. The fourth-order valence-electron chi connectivity index (χ4n) is 5.55. The van der Waals surface area contributed by atoms with Gasteiger partial charge >= 0.3 is 0 Å². The lowest BCUT2D eigenvalue weighted by molar-refractivity contribution is -0.120. The number of rotatable bonds is 12. The van der Waals surface area contributed by atoms with E-state index in [1.165, 1.54) is 0 Å². The maximum absolute atomic E-state index is 11.7. The van der Waals surface area contributed by atoms with Gasteiger partial charge in [-0.3, -0.25) is 4.79 Å². The zero-order valence-corrected chi connectivity index (χ0v) is 30.0. The van der Waals surface area contributed by atoms with Gasteiger partial charge in [0.05, 0.1) is 18.2 Å². The molecule has 0 saturated carbocycles. The Balaban J connectivity index is 0.000000312. The molecule has 0 aliphatic heterocycles. The highest BCUT2D eigenvalue weighted by Crippen LogP contribution is 2.38. The van der Waals surface area contributed by atoms with Gasteiger partial charge in [0.15, 0.2) is 0 Å². The van der Waals surface area contributed by atoms with E-state index in [2.05, 4.69) is 24.0 Å². The molecule has 4 rings (SSSR count). The summed E-state index contributed by atoms with van der Waals surface area (Å²) in [5.41, 5.74) is 3.33. The van der Waals surface area contributed by atoms with Crippen LogP contribution in [0.15, 0.2) is 133 Å². The summed E-state index contributed by atoms with van der Waals surface area (Å²) in [5.74, 6) is -0.168. The van der Waals surface area contributed by atoms with E-state index in [-0.39, 0.29) is 17.7 Å². The fourth-order valence-corrected chi connectivity index (χ4v) is 5.61. The maximum atomic E-state index is 11.7. The normalized spacial score (nSPS) is 10.7. The summed E-state index contributed by atoms with van der Waals surface area (Å²) < 4.78 is 0. The second kappa shape index (κ2) is 20.5. The second-order valence-electron chi connectivity index (χ2n) is 12.3. The highest BCUT2D eigenvalue weighted by molar-refractivity contribution is 6.27. The molecular formula is C42H44Cl2N4O. The molecule has 0 saturated heterocycles. The van der Waals surface area contributed by atoms with Crippen LogP contribution in [0, 0.1) is 34.0 Å². The Labute approximate surface area is 302 Å². The van der Waals surface area contributed by atoms with Gasteiger partial charge in [0.1, 0.15) is 22.6 Å². The van der Waals surface area contributed by atoms with Crippen LogP contribution in [0.2, 0.25) is 0 Å². The number of nitriles is 3. The van der Waals surface area contributed by atoms with E-state index in [4.69, 9.17) is 28.5 Å².